The quantitative estimate of drug-likeness (QED) is 0.0177. The smallest absolute Gasteiger partial charge is 0.306 e. The number of rotatable bonds is 40. The van der Waals surface area contributed by atoms with Gasteiger partial charge in [-0.15, -0.1) is 0 Å². The van der Waals surface area contributed by atoms with Crippen molar-refractivity contribution in [1.82, 2.24) is 0 Å². The Kier molecular flexibility index (Phi) is 37.2. The van der Waals surface area contributed by atoms with Crippen LogP contribution in [-0.2, 0) is 33.2 Å². The third kappa shape index (κ3) is 28.3. The number of esters is 1. The highest BCUT2D eigenvalue weighted by atomic mass is 16.7. The number of hydrogen-bond acceptors (Lipinski definition) is 14. The fraction of sp³-hybridized carbons (Fsp3) is 0.759. The summed E-state index contributed by atoms with van der Waals surface area (Å²) in [5, 5.41) is 72.1. The first-order chi connectivity index (χ1) is 33.1. The van der Waals surface area contributed by atoms with Crippen molar-refractivity contribution >= 4 is 5.97 Å². The molecule has 2 rings (SSSR count). The van der Waals surface area contributed by atoms with E-state index < -0.39 is 86.7 Å². The van der Waals surface area contributed by atoms with Gasteiger partial charge in [-0.05, 0) is 64.2 Å². The molecule has 14 heteroatoms. The first kappa shape index (κ1) is 61.5. The predicted octanol–water partition coefficient (Wildman–Crippen LogP) is 7.90. The fourth-order valence-corrected chi connectivity index (χ4v) is 7.76. The summed E-state index contributed by atoms with van der Waals surface area (Å²) in [5.41, 5.74) is 0. The maximum Gasteiger partial charge on any atom is 0.306 e. The van der Waals surface area contributed by atoms with E-state index in [4.69, 9.17) is 28.4 Å². The molecule has 2 saturated heterocycles. The van der Waals surface area contributed by atoms with E-state index in [1.807, 2.05) is 0 Å². The second-order valence-corrected chi connectivity index (χ2v) is 18.0. The molecule has 0 spiro atoms. The van der Waals surface area contributed by atoms with Crippen molar-refractivity contribution in [3.05, 3.63) is 72.9 Å². The third-order valence-electron chi connectivity index (χ3n) is 12.0. The van der Waals surface area contributed by atoms with Crippen molar-refractivity contribution in [2.75, 3.05) is 33.0 Å². The Morgan fingerprint density at radius 2 is 0.956 bits per heavy atom. The molecule has 0 bridgehead atoms. The van der Waals surface area contributed by atoms with Crippen LogP contribution in [0.25, 0.3) is 0 Å². The van der Waals surface area contributed by atoms with Crippen molar-refractivity contribution in [3.8, 4) is 0 Å². The van der Waals surface area contributed by atoms with Gasteiger partial charge >= 0.3 is 5.97 Å². The lowest BCUT2D eigenvalue weighted by Gasteiger charge is -2.42. The van der Waals surface area contributed by atoms with Crippen LogP contribution in [0.1, 0.15) is 162 Å². The van der Waals surface area contributed by atoms with Crippen molar-refractivity contribution < 1.29 is 69.0 Å². The molecule has 0 aliphatic carbocycles. The van der Waals surface area contributed by atoms with Crippen LogP contribution >= 0.6 is 0 Å². The van der Waals surface area contributed by atoms with Gasteiger partial charge < -0.3 is 64.2 Å². The van der Waals surface area contributed by atoms with E-state index in [0.717, 1.165) is 70.6 Å². The normalized spacial score (nSPS) is 26.5. The minimum absolute atomic E-state index is 0.0418. The summed E-state index contributed by atoms with van der Waals surface area (Å²) in [6.45, 7) is 3.50. The summed E-state index contributed by atoms with van der Waals surface area (Å²) in [4.78, 5) is 13.0. The molecule has 68 heavy (non-hydrogen) atoms. The van der Waals surface area contributed by atoms with Crippen molar-refractivity contribution in [2.24, 2.45) is 0 Å². The van der Waals surface area contributed by atoms with Gasteiger partial charge in [0.2, 0.25) is 0 Å². The molecule has 2 fully saturated rings. The van der Waals surface area contributed by atoms with E-state index in [9.17, 15) is 40.5 Å². The minimum Gasteiger partial charge on any atom is -0.457 e. The van der Waals surface area contributed by atoms with Crippen molar-refractivity contribution in [2.45, 2.75) is 229 Å². The van der Waals surface area contributed by atoms with Gasteiger partial charge in [0.1, 0.15) is 54.9 Å². The summed E-state index contributed by atoms with van der Waals surface area (Å²) < 4.78 is 34.2. The molecule has 0 aromatic rings. The lowest BCUT2D eigenvalue weighted by atomic mass is 9.98. The lowest BCUT2D eigenvalue weighted by molar-refractivity contribution is -0.332. The van der Waals surface area contributed by atoms with Crippen LogP contribution in [0.3, 0.4) is 0 Å². The van der Waals surface area contributed by atoms with Crippen LogP contribution in [0, 0.1) is 0 Å². The Hall–Kier alpha value is -2.57. The number of hydrogen-bond donors (Lipinski definition) is 7. The van der Waals surface area contributed by atoms with Gasteiger partial charge in [-0.2, -0.15) is 0 Å². The van der Waals surface area contributed by atoms with E-state index in [1.165, 1.54) is 64.2 Å². The highest BCUT2D eigenvalue weighted by molar-refractivity contribution is 5.69. The first-order valence-electron chi connectivity index (χ1n) is 26.0. The Balaban J connectivity index is 1.78. The maximum atomic E-state index is 13.0. The van der Waals surface area contributed by atoms with Crippen LogP contribution in [-0.4, -0.2) is 142 Å². The van der Waals surface area contributed by atoms with Crippen molar-refractivity contribution in [1.29, 1.82) is 0 Å². The molecule has 7 N–H and O–H groups in total. The molecule has 0 saturated carbocycles. The molecule has 2 heterocycles. The van der Waals surface area contributed by atoms with E-state index in [2.05, 4.69) is 86.8 Å². The zero-order chi connectivity index (χ0) is 49.5. The molecular formula is C54H92O14. The Morgan fingerprint density at radius 1 is 0.500 bits per heavy atom. The van der Waals surface area contributed by atoms with Gasteiger partial charge in [0, 0.05) is 13.0 Å². The first-order valence-corrected chi connectivity index (χ1v) is 26.0. The Morgan fingerprint density at radius 3 is 1.47 bits per heavy atom. The van der Waals surface area contributed by atoms with Crippen LogP contribution in [0.5, 0.6) is 0 Å². The summed E-state index contributed by atoms with van der Waals surface area (Å²) in [7, 11) is 0. The summed E-state index contributed by atoms with van der Waals surface area (Å²) in [5.74, 6) is -0.419. The second kappa shape index (κ2) is 41.1. The zero-order valence-corrected chi connectivity index (χ0v) is 41.6. The van der Waals surface area contributed by atoms with E-state index >= 15 is 0 Å². The molecular weight excluding hydrogens is 873 g/mol. The van der Waals surface area contributed by atoms with E-state index in [1.54, 1.807) is 0 Å². The zero-order valence-electron chi connectivity index (χ0n) is 41.6. The van der Waals surface area contributed by atoms with Crippen LogP contribution < -0.4 is 0 Å². The largest absolute Gasteiger partial charge is 0.457 e. The standard InChI is InChI=1S/C54H92O14/c1-3-5-7-9-11-13-15-17-18-19-20-21-22-23-24-25-27-29-31-33-35-37-46(56)66-43(40-63-38-36-34-32-30-28-26-16-14-12-10-8-6-4-2)41-64-53-52(62)50(60)48(58)45(68-53)42-65-54-51(61)49(59)47(57)44(39-55)67-54/h5,7,11,13,17-18,20-21,23-24,27,29,43-45,47-55,57-62H,3-4,6,8-10,12,14-16,19,22,25-26,28,30-42H2,1-2H3/b7-5-,13-11-,18-17-,21-20-,24-23-,29-27-. The average molecular weight is 965 g/mol. The lowest BCUT2D eigenvalue weighted by Crippen LogP contribution is -2.61. The molecule has 2 aliphatic rings. The fourth-order valence-electron chi connectivity index (χ4n) is 7.76. The molecule has 0 aromatic carbocycles. The number of carbonyl (C=O) groups is 1. The SMILES string of the molecule is CC/C=C\C/C=C\C/C=C\C/C=C\C/C=C\C/C=C\CCCCC(=O)OC(COCCCCCCCCCCCCCCC)COC1OC(COC2OC(CO)C(O)C(O)C2O)C(O)C(O)C1O. The highest BCUT2D eigenvalue weighted by Crippen LogP contribution is 2.26. The van der Waals surface area contributed by atoms with E-state index in [-0.39, 0.29) is 19.6 Å². The van der Waals surface area contributed by atoms with Crippen LogP contribution in [0.4, 0.5) is 0 Å². The number of unbranched alkanes of at least 4 members (excludes halogenated alkanes) is 14. The van der Waals surface area contributed by atoms with Gasteiger partial charge in [0.25, 0.3) is 0 Å². The van der Waals surface area contributed by atoms with Crippen LogP contribution in [0.15, 0.2) is 72.9 Å². The highest BCUT2D eigenvalue weighted by Gasteiger charge is 2.47. The second-order valence-electron chi connectivity index (χ2n) is 18.0. The molecule has 11 unspecified atom stereocenters. The number of aliphatic hydroxyl groups is 7. The van der Waals surface area contributed by atoms with Gasteiger partial charge in [0.15, 0.2) is 12.6 Å². The Bertz CT molecular complexity index is 1400. The number of aliphatic hydroxyl groups excluding tert-OH is 7. The van der Waals surface area contributed by atoms with Gasteiger partial charge in [-0.25, -0.2) is 0 Å². The Labute approximate surface area is 408 Å². The third-order valence-corrected chi connectivity index (χ3v) is 12.0. The molecule has 0 aromatic heterocycles. The minimum atomic E-state index is -1.72. The van der Waals surface area contributed by atoms with Crippen molar-refractivity contribution in [3.63, 3.8) is 0 Å². The van der Waals surface area contributed by atoms with Gasteiger partial charge in [-0.1, -0.05) is 164 Å². The topological polar surface area (TPSA) is 214 Å². The van der Waals surface area contributed by atoms with E-state index in [0.29, 0.717) is 13.0 Å². The summed E-state index contributed by atoms with van der Waals surface area (Å²) in [6, 6.07) is 0. The molecule has 0 radical (unpaired) electrons. The summed E-state index contributed by atoms with van der Waals surface area (Å²) in [6.07, 6.45) is 33.9. The average Bonchev–Trinajstić information content (AvgIpc) is 3.33. The predicted molar refractivity (Wildman–Crippen MR) is 265 cm³/mol. The van der Waals surface area contributed by atoms with Gasteiger partial charge in [0.05, 0.1) is 26.4 Å². The molecule has 392 valence electrons. The summed E-state index contributed by atoms with van der Waals surface area (Å²) >= 11 is 0. The number of carbonyl (C=O) groups excluding carboxylic acids is 1. The van der Waals surface area contributed by atoms with Crippen LogP contribution in [0.2, 0.25) is 0 Å². The molecule has 0 amide bonds. The molecule has 11 atom stereocenters. The maximum absolute atomic E-state index is 13.0. The monoisotopic (exact) mass is 965 g/mol. The number of ether oxygens (including phenoxy) is 6. The van der Waals surface area contributed by atoms with Gasteiger partial charge in [-0.3, -0.25) is 4.79 Å². The molecule has 14 nitrogen and oxygen atoms in total. The number of allylic oxidation sites excluding steroid dienone is 12. The molecule has 2 aliphatic heterocycles.